The lowest BCUT2D eigenvalue weighted by Gasteiger charge is -2.33. The van der Waals surface area contributed by atoms with E-state index in [0.717, 1.165) is 17.1 Å². The van der Waals surface area contributed by atoms with Crippen LogP contribution in [0.3, 0.4) is 0 Å². The number of imide groups is 1. The molecule has 0 radical (unpaired) electrons. The van der Waals surface area contributed by atoms with Crippen molar-refractivity contribution < 1.29 is 44.1 Å². The fraction of sp³-hybridized carbons (Fsp3) is 0.652. The average Bonchev–Trinajstić information content (AvgIpc) is 3.15. The van der Waals surface area contributed by atoms with E-state index in [1.54, 1.807) is 14.7 Å². The van der Waals surface area contributed by atoms with E-state index in [1.165, 1.54) is 0 Å². The van der Waals surface area contributed by atoms with Gasteiger partial charge in [0.2, 0.25) is 5.91 Å². The Kier molecular flexibility index (Phi) is 12.1. The number of carbonyl (C=O) groups is 6. The summed E-state index contributed by atoms with van der Waals surface area (Å²) in [5.74, 6) is -4.25. The molecule has 1 unspecified atom stereocenters. The van der Waals surface area contributed by atoms with E-state index >= 15 is 0 Å². The number of unbranched alkanes of at least 4 members (excludes halogenated alkanes) is 1. The first-order valence-electron chi connectivity index (χ1n) is 12.2. The van der Waals surface area contributed by atoms with E-state index in [2.05, 4.69) is 5.32 Å². The molecule has 0 saturated carbocycles. The Balaban J connectivity index is 1.89. The molecular formula is C23H35N5O9. The van der Waals surface area contributed by atoms with Crippen molar-refractivity contribution in [1.82, 2.24) is 24.9 Å². The second-order valence-electron chi connectivity index (χ2n) is 9.07. The summed E-state index contributed by atoms with van der Waals surface area (Å²) in [4.78, 5) is 75.3. The van der Waals surface area contributed by atoms with Gasteiger partial charge in [-0.15, -0.1) is 0 Å². The van der Waals surface area contributed by atoms with Crippen LogP contribution < -0.4 is 5.32 Å². The van der Waals surface area contributed by atoms with Gasteiger partial charge in [0, 0.05) is 70.4 Å². The zero-order chi connectivity index (χ0) is 27.4. The van der Waals surface area contributed by atoms with Gasteiger partial charge in [-0.05, 0) is 12.8 Å². The summed E-state index contributed by atoms with van der Waals surface area (Å²) >= 11 is 0. The number of rotatable bonds is 14. The van der Waals surface area contributed by atoms with Gasteiger partial charge < -0.3 is 20.6 Å². The van der Waals surface area contributed by atoms with Crippen molar-refractivity contribution in [1.29, 1.82) is 0 Å². The molecule has 2 rings (SSSR count). The summed E-state index contributed by atoms with van der Waals surface area (Å²) < 4.78 is 0. The molecule has 14 nitrogen and oxygen atoms in total. The predicted octanol–water partition coefficient (Wildman–Crippen LogP) is -1.87. The van der Waals surface area contributed by atoms with Gasteiger partial charge in [-0.1, -0.05) is 6.42 Å². The van der Waals surface area contributed by atoms with E-state index in [9.17, 15) is 39.0 Å². The lowest BCUT2D eigenvalue weighted by atomic mass is 10.1. The lowest BCUT2D eigenvalue weighted by molar-refractivity contribution is -0.140. The van der Waals surface area contributed by atoms with Crippen molar-refractivity contribution in [3.63, 3.8) is 0 Å². The van der Waals surface area contributed by atoms with E-state index in [4.69, 9.17) is 5.11 Å². The maximum Gasteiger partial charge on any atom is 0.317 e. The first-order chi connectivity index (χ1) is 17.5. The van der Waals surface area contributed by atoms with Gasteiger partial charge in [0.25, 0.3) is 11.8 Å². The highest BCUT2D eigenvalue weighted by Crippen LogP contribution is 2.14. The minimum Gasteiger partial charge on any atom is -0.480 e. The molecule has 206 valence electrons. The van der Waals surface area contributed by atoms with Crippen LogP contribution in [0.4, 0.5) is 0 Å². The van der Waals surface area contributed by atoms with Crippen LogP contribution >= 0.6 is 0 Å². The Bertz CT molecular complexity index is 876. The van der Waals surface area contributed by atoms with Crippen LogP contribution in [0.2, 0.25) is 0 Å². The molecule has 2 heterocycles. The Morgan fingerprint density at radius 1 is 0.811 bits per heavy atom. The Hall–Kier alpha value is -3.36. The molecular weight excluding hydrogens is 490 g/mol. The lowest BCUT2D eigenvalue weighted by Crippen LogP contribution is -2.48. The maximum absolute atomic E-state index is 12.1. The van der Waals surface area contributed by atoms with Gasteiger partial charge in [0.1, 0.15) is 0 Å². The topological polar surface area (TPSA) is 188 Å². The molecule has 2 aliphatic rings. The first-order valence-corrected chi connectivity index (χ1v) is 12.2. The molecule has 0 bridgehead atoms. The molecule has 0 spiro atoms. The fourth-order valence-electron chi connectivity index (χ4n) is 4.38. The zero-order valence-electron chi connectivity index (χ0n) is 20.7. The van der Waals surface area contributed by atoms with Crippen LogP contribution in [0.1, 0.15) is 25.7 Å². The van der Waals surface area contributed by atoms with E-state index < -0.39 is 29.7 Å². The minimum atomic E-state index is -1.03. The monoisotopic (exact) mass is 525 g/mol. The van der Waals surface area contributed by atoms with Crippen LogP contribution in [-0.2, 0) is 28.8 Å². The summed E-state index contributed by atoms with van der Waals surface area (Å²) in [5, 5.41) is 30.6. The van der Waals surface area contributed by atoms with E-state index in [1.807, 2.05) is 0 Å². The molecule has 3 amide bonds. The van der Waals surface area contributed by atoms with Crippen LogP contribution in [0.15, 0.2) is 12.2 Å². The van der Waals surface area contributed by atoms with Crippen molar-refractivity contribution in [3.8, 4) is 0 Å². The Morgan fingerprint density at radius 3 is 2.00 bits per heavy atom. The predicted molar refractivity (Wildman–Crippen MR) is 128 cm³/mol. The molecule has 0 aromatic heterocycles. The maximum atomic E-state index is 12.1. The van der Waals surface area contributed by atoms with Crippen LogP contribution in [0, 0.1) is 0 Å². The normalized spacial score (nSPS) is 19.9. The minimum absolute atomic E-state index is 0.00102. The highest BCUT2D eigenvalue weighted by atomic mass is 16.4. The highest BCUT2D eigenvalue weighted by molar-refractivity contribution is 6.13. The van der Waals surface area contributed by atoms with E-state index in [-0.39, 0.29) is 44.5 Å². The number of nitrogens with zero attached hydrogens (tertiary/aromatic N) is 4. The second-order valence-corrected chi connectivity index (χ2v) is 9.07. The summed E-state index contributed by atoms with van der Waals surface area (Å²) in [5.41, 5.74) is 0. The van der Waals surface area contributed by atoms with Gasteiger partial charge in [0.05, 0.1) is 19.6 Å². The molecule has 1 saturated heterocycles. The van der Waals surface area contributed by atoms with Gasteiger partial charge in [-0.2, -0.15) is 0 Å². The zero-order valence-corrected chi connectivity index (χ0v) is 20.7. The van der Waals surface area contributed by atoms with E-state index in [0.29, 0.717) is 58.5 Å². The van der Waals surface area contributed by atoms with Crippen molar-refractivity contribution >= 4 is 35.6 Å². The molecule has 1 atom stereocenters. The van der Waals surface area contributed by atoms with Crippen LogP contribution in [0.25, 0.3) is 0 Å². The molecule has 4 N–H and O–H groups in total. The molecule has 1 fully saturated rings. The number of carboxylic acids is 3. The van der Waals surface area contributed by atoms with Crippen molar-refractivity contribution in [3.05, 3.63) is 12.2 Å². The third kappa shape index (κ3) is 11.1. The number of amides is 3. The molecule has 0 aromatic rings. The molecule has 14 heteroatoms. The van der Waals surface area contributed by atoms with Gasteiger partial charge in [-0.3, -0.25) is 48.4 Å². The number of nitrogens with one attached hydrogen (secondary N) is 1. The Labute approximate surface area is 214 Å². The van der Waals surface area contributed by atoms with Crippen LogP contribution in [0.5, 0.6) is 0 Å². The number of hydrogen-bond donors (Lipinski definition) is 4. The molecule has 37 heavy (non-hydrogen) atoms. The number of hydrogen-bond acceptors (Lipinski definition) is 9. The largest absolute Gasteiger partial charge is 0.480 e. The second kappa shape index (κ2) is 15.0. The standard InChI is InChI=1S/C23H35N5O9/c29-18(6-8-28-19(30)4-5-20(28)31)24-7-2-1-3-17-13-26(15-22(34)35)10-9-25(14-21(32)33)11-12-27(17)16-23(36)37/h4-5,17H,1-3,6-16H2,(H,24,29)(H,32,33)(H,34,35)(H,36,37). The number of carbonyl (C=O) groups excluding carboxylic acids is 3. The molecule has 2 aliphatic heterocycles. The fourth-order valence-corrected chi connectivity index (χ4v) is 4.38. The summed E-state index contributed by atoms with van der Waals surface area (Å²) in [7, 11) is 0. The average molecular weight is 526 g/mol. The SMILES string of the molecule is O=C(O)CN1CCN(CC(=O)O)CC(CCCCNC(=O)CCN2C(=O)C=CC2=O)N(CC(=O)O)CC1. The van der Waals surface area contributed by atoms with Gasteiger partial charge in [-0.25, -0.2) is 0 Å². The quantitative estimate of drug-likeness (QED) is 0.146. The number of carboxylic acid groups (broad SMARTS) is 3. The third-order valence-corrected chi connectivity index (χ3v) is 6.23. The third-order valence-electron chi connectivity index (χ3n) is 6.23. The molecule has 0 aliphatic carbocycles. The molecule has 0 aromatic carbocycles. The highest BCUT2D eigenvalue weighted by Gasteiger charge is 2.27. The van der Waals surface area contributed by atoms with Crippen molar-refractivity contribution in [2.45, 2.75) is 31.7 Å². The summed E-state index contributed by atoms with van der Waals surface area (Å²) in [6.45, 7) is 1.31. The summed E-state index contributed by atoms with van der Waals surface area (Å²) in [6.07, 6.45) is 4.09. The Morgan fingerprint density at radius 2 is 1.38 bits per heavy atom. The first kappa shape index (κ1) is 29.9. The van der Waals surface area contributed by atoms with Crippen LogP contribution in [-0.4, -0.2) is 142 Å². The smallest absolute Gasteiger partial charge is 0.317 e. The van der Waals surface area contributed by atoms with Crippen molar-refractivity contribution in [2.75, 3.05) is 65.4 Å². The van der Waals surface area contributed by atoms with Crippen molar-refractivity contribution in [2.24, 2.45) is 0 Å². The summed E-state index contributed by atoms with van der Waals surface area (Å²) in [6, 6.07) is -0.268. The van der Waals surface area contributed by atoms with Gasteiger partial charge >= 0.3 is 17.9 Å². The van der Waals surface area contributed by atoms with Gasteiger partial charge in [0.15, 0.2) is 0 Å². The number of aliphatic carboxylic acids is 3.